The number of ether oxygens (including phenoxy) is 1. The summed E-state index contributed by atoms with van der Waals surface area (Å²) < 4.78 is 5.22. The molecule has 1 amide bonds. The van der Waals surface area contributed by atoms with E-state index in [0.717, 1.165) is 11.1 Å². The highest BCUT2D eigenvalue weighted by Gasteiger charge is 2.47. The van der Waals surface area contributed by atoms with Gasteiger partial charge in [-0.3, -0.25) is 14.5 Å². The molecule has 3 aromatic carbocycles. The smallest absolute Gasteiger partial charge is 0.300 e. The van der Waals surface area contributed by atoms with Gasteiger partial charge in [-0.1, -0.05) is 56.6 Å². The topological polar surface area (TPSA) is 87.1 Å². The predicted molar refractivity (Wildman–Crippen MR) is 141 cm³/mol. The number of phenols is 1. The van der Waals surface area contributed by atoms with Gasteiger partial charge in [-0.2, -0.15) is 0 Å². The third-order valence-corrected chi connectivity index (χ3v) is 6.70. The molecule has 0 aromatic heterocycles. The summed E-state index contributed by atoms with van der Waals surface area (Å²) in [5.74, 6) is -1.52. The normalized spacial score (nSPS) is 17.5. The lowest BCUT2D eigenvalue weighted by atomic mass is 9.84. The van der Waals surface area contributed by atoms with Gasteiger partial charge in [-0.25, -0.2) is 0 Å². The first-order valence-corrected chi connectivity index (χ1v) is 11.9. The van der Waals surface area contributed by atoms with Gasteiger partial charge in [0.15, 0.2) is 0 Å². The van der Waals surface area contributed by atoms with Crippen molar-refractivity contribution >= 4 is 34.7 Å². The van der Waals surface area contributed by atoms with Crippen LogP contribution in [-0.4, -0.2) is 29.0 Å². The maximum atomic E-state index is 13.4. The molecule has 1 unspecified atom stereocenters. The van der Waals surface area contributed by atoms with E-state index in [9.17, 15) is 19.8 Å². The van der Waals surface area contributed by atoms with Gasteiger partial charge >= 0.3 is 0 Å². The lowest BCUT2D eigenvalue weighted by molar-refractivity contribution is -0.132. The Bertz CT molecular complexity index is 1400. The highest BCUT2D eigenvalue weighted by atomic mass is 35.5. The van der Waals surface area contributed by atoms with Gasteiger partial charge in [0.05, 0.1) is 23.7 Å². The molecule has 3 aromatic rings. The number of amides is 1. The highest BCUT2D eigenvalue weighted by molar-refractivity contribution is 6.52. The van der Waals surface area contributed by atoms with Crippen LogP contribution in [0.25, 0.3) is 5.76 Å². The number of hydrogen-bond acceptors (Lipinski definition) is 5. The van der Waals surface area contributed by atoms with E-state index in [1.54, 1.807) is 24.3 Å². The van der Waals surface area contributed by atoms with Crippen molar-refractivity contribution in [3.63, 3.8) is 0 Å². The van der Waals surface area contributed by atoms with E-state index < -0.39 is 17.7 Å². The van der Waals surface area contributed by atoms with Crippen LogP contribution in [0.4, 0.5) is 5.69 Å². The number of aryl methyl sites for hydroxylation is 1. The molecule has 186 valence electrons. The molecular weight excluding hydrogens is 478 g/mol. The minimum absolute atomic E-state index is 0.0308. The summed E-state index contributed by atoms with van der Waals surface area (Å²) in [6, 6.07) is 15.8. The van der Waals surface area contributed by atoms with Crippen LogP contribution in [0.3, 0.4) is 0 Å². The van der Waals surface area contributed by atoms with E-state index in [2.05, 4.69) is 20.8 Å². The van der Waals surface area contributed by atoms with Gasteiger partial charge in [0.1, 0.15) is 17.3 Å². The predicted octanol–water partition coefficient (Wildman–Crippen LogP) is 6.29. The Balaban J connectivity index is 1.98. The first kappa shape index (κ1) is 25.3. The van der Waals surface area contributed by atoms with E-state index in [4.69, 9.17) is 16.3 Å². The zero-order chi connectivity index (χ0) is 26.4. The maximum absolute atomic E-state index is 13.4. The fraction of sp³-hybridized carbons (Fsp3) is 0.241. The Morgan fingerprint density at radius 1 is 1.03 bits per heavy atom. The second-order valence-electron chi connectivity index (χ2n) is 9.86. The van der Waals surface area contributed by atoms with Crippen molar-refractivity contribution in [2.45, 2.75) is 39.2 Å². The maximum Gasteiger partial charge on any atom is 0.300 e. The monoisotopic (exact) mass is 505 g/mol. The Labute approximate surface area is 215 Å². The molecule has 2 N–H and O–H groups in total. The second-order valence-corrected chi connectivity index (χ2v) is 10.3. The van der Waals surface area contributed by atoms with Crippen molar-refractivity contribution in [2.75, 3.05) is 12.0 Å². The van der Waals surface area contributed by atoms with E-state index in [0.29, 0.717) is 22.6 Å². The van der Waals surface area contributed by atoms with Gasteiger partial charge in [-0.15, -0.1) is 0 Å². The van der Waals surface area contributed by atoms with Crippen LogP contribution in [0.5, 0.6) is 11.5 Å². The van der Waals surface area contributed by atoms with Crippen molar-refractivity contribution in [1.29, 1.82) is 0 Å². The van der Waals surface area contributed by atoms with E-state index in [1.807, 2.05) is 25.1 Å². The van der Waals surface area contributed by atoms with Gasteiger partial charge in [0.25, 0.3) is 11.7 Å². The zero-order valence-corrected chi connectivity index (χ0v) is 21.6. The number of carbonyl (C=O) groups is 2. The third kappa shape index (κ3) is 4.44. The zero-order valence-electron chi connectivity index (χ0n) is 20.8. The molecule has 1 aliphatic rings. The molecule has 36 heavy (non-hydrogen) atoms. The van der Waals surface area contributed by atoms with E-state index >= 15 is 0 Å². The molecule has 1 aliphatic heterocycles. The molecule has 4 rings (SSSR count). The minimum atomic E-state index is -0.987. The first-order chi connectivity index (χ1) is 16.9. The molecule has 1 fully saturated rings. The summed E-state index contributed by atoms with van der Waals surface area (Å²) >= 11 is 6.34. The van der Waals surface area contributed by atoms with Crippen LogP contribution < -0.4 is 9.64 Å². The number of carbonyl (C=O) groups excluding carboxylic acids is 2. The van der Waals surface area contributed by atoms with Crippen LogP contribution in [0.2, 0.25) is 5.02 Å². The molecule has 1 saturated heterocycles. The molecule has 0 radical (unpaired) electrons. The van der Waals surface area contributed by atoms with Crippen LogP contribution in [0, 0.1) is 6.92 Å². The lowest BCUT2D eigenvalue weighted by Crippen LogP contribution is -2.29. The van der Waals surface area contributed by atoms with Gasteiger partial charge in [-0.05, 0) is 65.4 Å². The molecule has 1 atom stereocenters. The summed E-state index contributed by atoms with van der Waals surface area (Å²) in [6.45, 7) is 8.01. The molecule has 0 aliphatic carbocycles. The highest BCUT2D eigenvalue weighted by Crippen LogP contribution is 2.44. The van der Waals surface area contributed by atoms with Crippen molar-refractivity contribution in [3.05, 3.63) is 93.5 Å². The standard InChI is InChI=1S/C29H28ClNO5/c1-16-9-10-18(29(2,3)4)14-21(16)26(33)24-25(17-7-6-8-20(32)13-17)31(28(35)27(24)34)19-11-12-23(36-5)22(30)15-19/h6-15,25,32-33H,1-5H3/b26-24+. The van der Waals surface area contributed by atoms with Crippen molar-refractivity contribution in [3.8, 4) is 11.5 Å². The van der Waals surface area contributed by atoms with Crippen LogP contribution in [-0.2, 0) is 15.0 Å². The molecule has 6 nitrogen and oxygen atoms in total. The number of hydrogen-bond donors (Lipinski definition) is 2. The fourth-order valence-electron chi connectivity index (χ4n) is 4.40. The van der Waals surface area contributed by atoms with Crippen molar-refractivity contribution in [2.24, 2.45) is 0 Å². The number of benzene rings is 3. The Morgan fingerprint density at radius 2 is 1.75 bits per heavy atom. The largest absolute Gasteiger partial charge is 0.508 e. The number of nitrogens with zero attached hydrogens (tertiary/aromatic N) is 1. The number of anilines is 1. The average Bonchev–Trinajstić information content (AvgIpc) is 3.08. The summed E-state index contributed by atoms with van der Waals surface area (Å²) in [5, 5.41) is 22.0. The minimum Gasteiger partial charge on any atom is -0.508 e. The van der Waals surface area contributed by atoms with E-state index in [-0.39, 0.29) is 27.5 Å². The SMILES string of the molecule is COc1ccc(N2C(=O)C(=O)/C(=C(/O)c3cc(C(C)(C)C)ccc3C)C2c2cccc(O)c2)cc1Cl. The lowest BCUT2D eigenvalue weighted by Gasteiger charge is -2.26. The molecular formula is C29H28ClNO5. The number of rotatable bonds is 4. The Morgan fingerprint density at radius 3 is 2.36 bits per heavy atom. The Hall–Kier alpha value is -3.77. The van der Waals surface area contributed by atoms with Crippen molar-refractivity contribution < 1.29 is 24.5 Å². The summed E-state index contributed by atoms with van der Waals surface area (Å²) in [4.78, 5) is 28.1. The average molecular weight is 506 g/mol. The van der Waals surface area contributed by atoms with Gasteiger partial charge < -0.3 is 14.9 Å². The summed E-state index contributed by atoms with van der Waals surface area (Å²) in [7, 11) is 1.48. The number of phenolic OH excluding ortho intramolecular Hbond substituents is 1. The quantitative estimate of drug-likeness (QED) is 0.247. The van der Waals surface area contributed by atoms with Gasteiger partial charge in [0.2, 0.25) is 0 Å². The fourth-order valence-corrected chi connectivity index (χ4v) is 4.65. The van der Waals surface area contributed by atoms with Crippen LogP contribution >= 0.6 is 11.6 Å². The number of Topliss-reactive ketones (excluding diaryl/α,β-unsaturated/α-hetero) is 1. The molecule has 0 spiro atoms. The van der Waals surface area contributed by atoms with E-state index in [1.165, 1.54) is 30.2 Å². The second kappa shape index (κ2) is 9.36. The van der Waals surface area contributed by atoms with Crippen LogP contribution in [0.1, 0.15) is 49.1 Å². The first-order valence-electron chi connectivity index (χ1n) is 11.5. The molecule has 0 saturated carbocycles. The number of aliphatic hydroxyl groups is 1. The summed E-state index contributed by atoms with van der Waals surface area (Å²) in [5.41, 5.74) is 2.76. The Kier molecular flexibility index (Phi) is 6.58. The number of aromatic hydroxyl groups is 1. The van der Waals surface area contributed by atoms with Crippen molar-refractivity contribution in [1.82, 2.24) is 0 Å². The number of halogens is 1. The molecule has 7 heteroatoms. The number of aliphatic hydroxyl groups excluding tert-OH is 1. The van der Waals surface area contributed by atoms with Crippen LogP contribution in [0.15, 0.2) is 66.2 Å². The number of ketones is 1. The number of methoxy groups -OCH3 is 1. The molecule has 0 bridgehead atoms. The molecule has 1 heterocycles. The van der Waals surface area contributed by atoms with Gasteiger partial charge in [0, 0.05) is 11.3 Å². The summed E-state index contributed by atoms with van der Waals surface area (Å²) in [6.07, 6.45) is 0. The third-order valence-electron chi connectivity index (χ3n) is 6.40.